The molecule has 0 radical (unpaired) electrons. The van der Waals surface area contributed by atoms with E-state index in [-0.39, 0.29) is 29.2 Å². The molecular weight excluding hydrogens is 402 g/mol. The second-order valence-electron chi connectivity index (χ2n) is 7.68. The molecule has 32 heavy (non-hydrogen) atoms. The zero-order valence-electron chi connectivity index (χ0n) is 17.9. The Labute approximate surface area is 185 Å². The van der Waals surface area contributed by atoms with Crippen molar-refractivity contribution < 1.29 is 9.59 Å². The summed E-state index contributed by atoms with van der Waals surface area (Å²) in [4.78, 5) is 37.6. The summed E-state index contributed by atoms with van der Waals surface area (Å²) in [5, 5.41) is 6.65. The van der Waals surface area contributed by atoms with Crippen LogP contribution in [0.25, 0.3) is 22.2 Å². The van der Waals surface area contributed by atoms with Crippen LogP contribution in [0.3, 0.4) is 0 Å². The van der Waals surface area contributed by atoms with Gasteiger partial charge in [-0.1, -0.05) is 24.3 Å². The molecule has 0 saturated carbocycles. The average Bonchev–Trinajstić information content (AvgIpc) is 2.82. The molecule has 0 saturated heterocycles. The van der Waals surface area contributed by atoms with E-state index in [0.717, 1.165) is 27.7 Å². The first-order chi connectivity index (χ1) is 15.5. The third-order valence-electron chi connectivity index (χ3n) is 4.81. The van der Waals surface area contributed by atoms with Crippen molar-refractivity contribution >= 4 is 22.7 Å². The maximum atomic E-state index is 12.5. The lowest BCUT2D eigenvalue weighted by atomic mass is 10.1. The van der Waals surface area contributed by atoms with Gasteiger partial charge in [-0.2, -0.15) is 0 Å². The van der Waals surface area contributed by atoms with Crippen LogP contribution in [0.1, 0.15) is 40.4 Å². The van der Waals surface area contributed by atoms with Crippen molar-refractivity contribution in [2.24, 2.45) is 0 Å². The number of carbonyl (C=O) groups excluding carboxylic acids is 2. The van der Waals surface area contributed by atoms with Gasteiger partial charge in [-0.25, -0.2) is 4.98 Å². The van der Waals surface area contributed by atoms with Crippen LogP contribution in [-0.4, -0.2) is 32.8 Å². The van der Waals surface area contributed by atoms with E-state index in [0.29, 0.717) is 6.54 Å². The lowest BCUT2D eigenvalue weighted by Gasteiger charge is -2.09. The van der Waals surface area contributed by atoms with Crippen LogP contribution in [0, 0.1) is 0 Å². The number of hydrogen-bond donors (Lipinski definition) is 2. The molecule has 7 nitrogen and oxygen atoms in total. The summed E-state index contributed by atoms with van der Waals surface area (Å²) in [6.45, 7) is 4.04. The minimum atomic E-state index is -0.352. The number of aromatic nitrogens is 3. The SMILES string of the molecule is CC(C)NC(=O)c1cccc(C(=O)NCc2ccc(-c3ccc4ncccc4c3)nc2)n1. The van der Waals surface area contributed by atoms with Crippen LogP contribution in [0.2, 0.25) is 0 Å². The van der Waals surface area contributed by atoms with Crippen LogP contribution in [0.4, 0.5) is 0 Å². The molecule has 2 amide bonds. The fourth-order valence-corrected chi connectivity index (χ4v) is 3.23. The Morgan fingerprint density at radius 2 is 1.72 bits per heavy atom. The molecular formula is C25H23N5O2. The van der Waals surface area contributed by atoms with Gasteiger partial charge in [0.2, 0.25) is 0 Å². The molecule has 0 bridgehead atoms. The van der Waals surface area contributed by atoms with Crippen LogP contribution in [0.5, 0.6) is 0 Å². The third-order valence-corrected chi connectivity index (χ3v) is 4.81. The first-order valence-corrected chi connectivity index (χ1v) is 10.4. The molecule has 0 atom stereocenters. The zero-order chi connectivity index (χ0) is 22.5. The standard InChI is InChI=1S/C25H23N5O2/c1-16(2)29-25(32)23-7-3-6-22(30-23)24(31)28-15-17-8-10-21(27-14-17)19-9-11-20-18(13-19)5-4-12-26-20/h3-14,16H,15H2,1-2H3,(H,28,31)(H,29,32). The third kappa shape index (κ3) is 4.95. The van der Waals surface area contributed by atoms with Gasteiger partial charge in [-0.15, -0.1) is 0 Å². The van der Waals surface area contributed by atoms with E-state index in [1.165, 1.54) is 0 Å². The topological polar surface area (TPSA) is 96.9 Å². The lowest BCUT2D eigenvalue weighted by molar-refractivity contribution is 0.0936. The zero-order valence-corrected chi connectivity index (χ0v) is 17.9. The van der Waals surface area contributed by atoms with Crippen molar-refractivity contribution in [2.75, 3.05) is 0 Å². The predicted molar refractivity (Wildman–Crippen MR) is 123 cm³/mol. The summed E-state index contributed by atoms with van der Waals surface area (Å²) in [7, 11) is 0. The van der Waals surface area contributed by atoms with Gasteiger partial charge >= 0.3 is 0 Å². The summed E-state index contributed by atoms with van der Waals surface area (Å²) in [6, 6.07) is 18.6. The van der Waals surface area contributed by atoms with E-state index in [1.54, 1.807) is 30.6 Å². The van der Waals surface area contributed by atoms with Gasteiger partial charge in [0.25, 0.3) is 11.8 Å². The van der Waals surface area contributed by atoms with Gasteiger partial charge < -0.3 is 10.6 Å². The molecule has 0 unspecified atom stereocenters. The summed E-state index contributed by atoms with van der Waals surface area (Å²) in [6.07, 6.45) is 3.51. The number of benzene rings is 1. The molecule has 3 aromatic heterocycles. The van der Waals surface area contributed by atoms with Crippen LogP contribution < -0.4 is 10.6 Å². The molecule has 7 heteroatoms. The Bertz CT molecular complexity index is 1270. The minimum absolute atomic E-state index is 0.0106. The van der Waals surface area contributed by atoms with Gasteiger partial charge in [0.15, 0.2) is 0 Å². The fraction of sp³-hybridized carbons (Fsp3) is 0.160. The number of pyridine rings is 3. The van der Waals surface area contributed by atoms with E-state index in [2.05, 4.69) is 31.7 Å². The molecule has 1 aromatic carbocycles. The largest absolute Gasteiger partial charge is 0.349 e. The van der Waals surface area contributed by atoms with Crippen molar-refractivity contribution in [2.45, 2.75) is 26.4 Å². The van der Waals surface area contributed by atoms with Crippen molar-refractivity contribution in [3.63, 3.8) is 0 Å². The van der Waals surface area contributed by atoms with E-state index >= 15 is 0 Å². The highest BCUT2D eigenvalue weighted by Crippen LogP contribution is 2.22. The number of rotatable bonds is 6. The molecule has 0 spiro atoms. The molecule has 3 heterocycles. The van der Waals surface area contributed by atoms with Gasteiger partial charge in [0.1, 0.15) is 11.4 Å². The number of carbonyl (C=O) groups is 2. The van der Waals surface area contributed by atoms with E-state index < -0.39 is 0 Å². The van der Waals surface area contributed by atoms with Crippen molar-refractivity contribution in [1.29, 1.82) is 0 Å². The maximum absolute atomic E-state index is 12.5. The average molecular weight is 425 g/mol. The monoisotopic (exact) mass is 425 g/mol. The number of nitrogens with one attached hydrogen (secondary N) is 2. The Morgan fingerprint density at radius 1 is 0.906 bits per heavy atom. The van der Waals surface area contributed by atoms with Gasteiger partial charge in [-0.3, -0.25) is 19.6 Å². The quantitative estimate of drug-likeness (QED) is 0.490. The highest BCUT2D eigenvalue weighted by atomic mass is 16.2. The molecule has 0 aliphatic heterocycles. The second-order valence-corrected chi connectivity index (χ2v) is 7.68. The summed E-state index contributed by atoms with van der Waals surface area (Å²) >= 11 is 0. The van der Waals surface area contributed by atoms with E-state index in [9.17, 15) is 9.59 Å². The molecule has 0 aliphatic carbocycles. The van der Waals surface area contributed by atoms with Crippen LogP contribution in [0.15, 0.2) is 73.1 Å². The van der Waals surface area contributed by atoms with Gasteiger partial charge in [0, 0.05) is 35.9 Å². The molecule has 0 aliphatic rings. The Morgan fingerprint density at radius 3 is 2.47 bits per heavy atom. The molecule has 4 aromatic rings. The Kier molecular flexibility index (Phi) is 6.17. The first-order valence-electron chi connectivity index (χ1n) is 10.4. The van der Waals surface area contributed by atoms with Crippen molar-refractivity contribution in [3.8, 4) is 11.3 Å². The highest BCUT2D eigenvalue weighted by molar-refractivity contribution is 5.96. The van der Waals surface area contributed by atoms with E-state index in [4.69, 9.17) is 0 Å². The van der Waals surface area contributed by atoms with Crippen molar-refractivity contribution in [1.82, 2.24) is 25.6 Å². The van der Waals surface area contributed by atoms with E-state index in [1.807, 2.05) is 50.2 Å². The Balaban J connectivity index is 1.41. The molecule has 0 fully saturated rings. The Hall–Kier alpha value is -4.13. The highest BCUT2D eigenvalue weighted by Gasteiger charge is 2.13. The first kappa shape index (κ1) is 21.1. The maximum Gasteiger partial charge on any atom is 0.270 e. The summed E-state index contributed by atoms with van der Waals surface area (Å²) in [5.41, 5.74) is 4.05. The minimum Gasteiger partial charge on any atom is -0.349 e. The van der Waals surface area contributed by atoms with Crippen LogP contribution in [-0.2, 0) is 6.54 Å². The number of nitrogens with zero attached hydrogens (tertiary/aromatic N) is 3. The summed E-state index contributed by atoms with van der Waals surface area (Å²) < 4.78 is 0. The summed E-state index contributed by atoms with van der Waals surface area (Å²) in [5.74, 6) is -0.658. The number of amides is 2. The number of fused-ring (bicyclic) bond motifs is 1. The molecule has 160 valence electrons. The lowest BCUT2D eigenvalue weighted by Crippen LogP contribution is -2.31. The fourth-order valence-electron chi connectivity index (χ4n) is 3.23. The van der Waals surface area contributed by atoms with Crippen molar-refractivity contribution in [3.05, 3.63) is 90.0 Å². The second kappa shape index (κ2) is 9.34. The predicted octanol–water partition coefficient (Wildman–Crippen LogP) is 3.76. The van der Waals surface area contributed by atoms with Gasteiger partial charge in [-0.05, 0) is 55.8 Å². The number of hydrogen-bond acceptors (Lipinski definition) is 5. The normalized spacial score (nSPS) is 10.8. The molecule has 4 rings (SSSR count). The van der Waals surface area contributed by atoms with Gasteiger partial charge in [0.05, 0.1) is 11.2 Å². The van der Waals surface area contributed by atoms with Crippen LogP contribution >= 0.6 is 0 Å². The molecule has 2 N–H and O–H groups in total. The smallest absolute Gasteiger partial charge is 0.270 e.